The minimum absolute atomic E-state index is 0.258. The maximum Gasteiger partial charge on any atom is 0.171 e. The van der Waals surface area contributed by atoms with Gasteiger partial charge in [0, 0.05) is 60.0 Å². The Labute approximate surface area is 196 Å². The Hall–Kier alpha value is -3.43. The molecule has 8 nitrogen and oxygen atoms in total. The number of aromatic nitrogens is 4. The Balaban J connectivity index is 1.39. The van der Waals surface area contributed by atoms with Crippen LogP contribution in [0.5, 0.6) is 0 Å². The third-order valence-corrected chi connectivity index (χ3v) is 6.84. The largest absolute Gasteiger partial charge is 0.370 e. The van der Waals surface area contributed by atoms with Crippen LogP contribution in [0.2, 0.25) is 0 Å². The highest BCUT2D eigenvalue weighted by atomic mass is 32.2. The summed E-state index contributed by atoms with van der Waals surface area (Å²) in [6.07, 6.45) is 9.44. The van der Waals surface area contributed by atoms with Gasteiger partial charge >= 0.3 is 0 Å². The summed E-state index contributed by atoms with van der Waals surface area (Å²) in [6, 6.07) is 12.1. The van der Waals surface area contributed by atoms with Crippen LogP contribution in [0.3, 0.4) is 0 Å². The lowest BCUT2D eigenvalue weighted by molar-refractivity contribution is 0.501. The average molecular weight is 459 g/mol. The Morgan fingerprint density at radius 3 is 2.64 bits per heavy atom. The van der Waals surface area contributed by atoms with Crippen molar-refractivity contribution >= 4 is 33.5 Å². The molecule has 0 spiro atoms. The molecule has 0 aliphatic carbocycles. The standard InChI is InChI=1S/C24H26N8S/c1-30-14-18(12-29-30)16-2-5-23(26)32(15-16)24(27)33-21-3-4-22-17(11-21)10-20(13-28-22)31-8-6-19(25)7-9-31/h2-5,10-15,19,26-27H,6-9,25H2,1H3. The minimum atomic E-state index is 0.258. The number of aryl methyl sites for hydroxylation is 1. The minimum Gasteiger partial charge on any atom is -0.370 e. The molecule has 4 aromatic rings. The molecular formula is C24H26N8S. The summed E-state index contributed by atoms with van der Waals surface area (Å²) in [5.41, 5.74) is 10.2. The van der Waals surface area contributed by atoms with Crippen LogP contribution in [-0.4, -0.2) is 43.6 Å². The van der Waals surface area contributed by atoms with E-state index < -0.39 is 0 Å². The maximum absolute atomic E-state index is 8.65. The van der Waals surface area contributed by atoms with E-state index in [2.05, 4.69) is 27.1 Å². The highest BCUT2D eigenvalue weighted by molar-refractivity contribution is 8.13. The summed E-state index contributed by atoms with van der Waals surface area (Å²) in [6.45, 7) is 1.90. The first-order valence-corrected chi connectivity index (χ1v) is 11.7. The molecule has 0 unspecified atom stereocenters. The number of hydrogen-bond donors (Lipinski definition) is 3. The van der Waals surface area contributed by atoms with Crippen molar-refractivity contribution in [2.75, 3.05) is 18.0 Å². The molecule has 0 atom stereocenters. The number of hydrogen-bond acceptors (Lipinski definition) is 7. The molecule has 4 N–H and O–H groups in total. The first kappa shape index (κ1) is 21.4. The van der Waals surface area contributed by atoms with Crippen LogP contribution in [0, 0.1) is 10.8 Å². The van der Waals surface area contributed by atoms with E-state index in [1.165, 1.54) is 11.8 Å². The van der Waals surface area contributed by atoms with E-state index in [-0.39, 0.29) is 10.7 Å². The van der Waals surface area contributed by atoms with Crippen molar-refractivity contribution in [2.24, 2.45) is 12.8 Å². The van der Waals surface area contributed by atoms with Gasteiger partial charge in [-0.15, -0.1) is 0 Å². The average Bonchev–Trinajstić information content (AvgIpc) is 3.25. The third kappa shape index (κ3) is 4.55. The second-order valence-corrected chi connectivity index (χ2v) is 9.42. The first-order chi connectivity index (χ1) is 16.0. The molecule has 9 heteroatoms. The fourth-order valence-electron chi connectivity index (χ4n) is 4.06. The van der Waals surface area contributed by atoms with Crippen LogP contribution in [0.4, 0.5) is 5.69 Å². The van der Waals surface area contributed by atoms with Gasteiger partial charge in [-0.3, -0.25) is 25.1 Å². The van der Waals surface area contributed by atoms with Crippen molar-refractivity contribution in [1.82, 2.24) is 19.3 Å². The highest BCUT2D eigenvalue weighted by Gasteiger charge is 2.17. The van der Waals surface area contributed by atoms with Crippen LogP contribution in [-0.2, 0) is 7.05 Å². The van der Waals surface area contributed by atoms with E-state index in [4.69, 9.17) is 16.6 Å². The van der Waals surface area contributed by atoms with Crippen LogP contribution >= 0.6 is 11.8 Å². The summed E-state index contributed by atoms with van der Waals surface area (Å²) < 4.78 is 3.33. The number of pyridine rings is 2. The number of thioether (sulfide) groups is 1. The SMILES string of the molecule is Cn1cc(-c2ccc(=N)n(C(=N)Sc3ccc4ncc(N5CCC(N)CC5)cc4c3)c2)cn1. The fourth-order valence-corrected chi connectivity index (χ4v) is 4.86. The zero-order chi connectivity index (χ0) is 22.9. The van der Waals surface area contributed by atoms with Gasteiger partial charge in [0.1, 0.15) is 5.49 Å². The van der Waals surface area contributed by atoms with Gasteiger partial charge in [-0.2, -0.15) is 5.10 Å². The molecule has 0 bridgehead atoms. The summed E-state index contributed by atoms with van der Waals surface area (Å²) in [4.78, 5) is 7.91. The summed E-state index contributed by atoms with van der Waals surface area (Å²) in [5.74, 6) is 0. The fraction of sp³-hybridized carbons (Fsp3) is 0.250. The second-order valence-electron chi connectivity index (χ2n) is 8.36. The Morgan fingerprint density at radius 2 is 1.88 bits per heavy atom. The molecule has 4 heterocycles. The Bertz CT molecular complexity index is 1380. The lowest BCUT2D eigenvalue weighted by Crippen LogP contribution is -2.39. The second kappa shape index (κ2) is 8.84. The molecule has 168 valence electrons. The van der Waals surface area contributed by atoms with Crippen molar-refractivity contribution in [1.29, 1.82) is 10.8 Å². The molecule has 1 aromatic carbocycles. The van der Waals surface area contributed by atoms with Crippen LogP contribution in [0.25, 0.3) is 22.0 Å². The Kier molecular flexibility index (Phi) is 5.74. The molecule has 1 aliphatic heterocycles. The van der Waals surface area contributed by atoms with E-state index in [1.807, 2.05) is 43.8 Å². The van der Waals surface area contributed by atoms with Crippen molar-refractivity contribution in [3.05, 3.63) is 66.7 Å². The van der Waals surface area contributed by atoms with Gasteiger partial charge in [-0.1, -0.05) is 11.8 Å². The number of benzene rings is 1. The van der Waals surface area contributed by atoms with Crippen molar-refractivity contribution < 1.29 is 0 Å². The zero-order valence-corrected chi connectivity index (χ0v) is 19.2. The number of piperidine rings is 1. The van der Waals surface area contributed by atoms with E-state index in [0.29, 0.717) is 6.04 Å². The summed E-state index contributed by atoms with van der Waals surface area (Å²) >= 11 is 1.32. The molecule has 0 saturated carbocycles. The van der Waals surface area contributed by atoms with Gasteiger partial charge in [-0.25, -0.2) is 0 Å². The summed E-state index contributed by atoms with van der Waals surface area (Å²) in [5, 5.41) is 22.5. The van der Waals surface area contributed by atoms with Crippen LogP contribution in [0.1, 0.15) is 12.8 Å². The van der Waals surface area contributed by atoms with Gasteiger partial charge in [-0.05, 0) is 49.2 Å². The van der Waals surface area contributed by atoms with Crippen molar-refractivity contribution in [2.45, 2.75) is 23.8 Å². The zero-order valence-electron chi connectivity index (χ0n) is 18.4. The van der Waals surface area contributed by atoms with E-state index in [9.17, 15) is 0 Å². The lowest BCUT2D eigenvalue weighted by Gasteiger charge is -2.31. The van der Waals surface area contributed by atoms with Gasteiger partial charge in [0.2, 0.25) is 0 Å². The number of rotatable bonds is 3. The predicted octanol–water partition coefficient (Wildman–Crippen LogP) is 3.42. The smallest absolute Gasteiger partial charge is 0.171 e. The number of anilines is 1. The van der Waals surface area contributed by atoms with Gasteiger partial charge in [0.15, 0.2) is 5.17 Å². The topological polar surface area (TPSA) is 113 Å². The lowest BCUT2D eigenvalue weighted by atomic mass is 10.1. The summed E-state index contributed by atoms with van der Waals surface area (Å²) in [7, 11) is 1.87. The van der Waals surface area contributed by atoms with Crippen molar-refractivity contribution in [3.8, 4) is 11.1 Å². The maximum atomic E-state index is 8.65. The first-order valence-electron chi connectivity index (χ1n) is 10.9. The van der Waals surface area contributed by atoms with E-state index in [1.54, 1.807) is 21.5 Å². The van der Waals surface area contributed by atoms with Crippen LogP contribution in [0.15, 0.2) is 66.1 Å². The Morgan fingerprint density at radius 1 is 1.06 bits per heavy atom. The van der Waals surface area contributed by atoms with Gasteiger partial charge in [0.25, 0.3) is 0 Å². The van der Waals surface area contributed by atoms with Gasteiger partial charge < -0.3 is 10.6 Å². The molecule has 3 aromatic heterocycles. The number of nitrogens with zero attached hydrogens (tertiary/aromatic N) is 5. The quantitative estimate of drug-likeness (QED) is 0.247. The molecular weight excluding hydrogens is 432 g/mol. The van der Waals surface area contributed by atoms with E-state index >= 15 is 0 Å². The molecule has 1 aliphatic rings. The molecule has 0 amide bonds. The number of fused-ring (bicyclic) bond motifs is 1. The van der Waals surface area contributed by atoms with Crippen LogP contribution < -0.4 is 16.1 Å². The number of nitrogens with one attached hydrogen (secondary N) is 2. The molecule has 5 rings (SSSR count). The molecule has 33 heavy (non-hydrogen) atoms. The highest BCUT2D eigenvalue weighted by Crippen LogP contribution is 2.28. The molecule has 1 saturated heterocycles. The molecule has 1 fully saturated rings. The van der Waals surface area contributed by atoms with E-state index in [0.717, 1.165) is 58.5 Å². The predicted molar refractivity (Wildman–Crippen MR) is 133 cm³/mol. The monoisotopic (exact) mass is 458 g/mol. The van der Waals surface area contributed by atoms with Crippen molar-refractivity contribution in [3.63, 3.8) is 0 Å². The molecule has 0 radical (unpaired) electrons. The normalized spacial score (nSPS) is 14.7. The number of nitrogens with two attached hydrogens (primary N) is 1. The van der Waals surface area contributed by atoms with Gasteiger partial charge in [0.05, 0.1) is 23.6 Å². The third-order valence-electron chi connectivity index (χ3n) is 5.96.